The fourth-order valence-electron chi connectivity index (χ4n) is 1.83. The van der Waals surface area contributed by atoms with E-state index in [1.54, 1.807) is 17.2 Å². The van der Waals surface area contributed by atoms with E-state index in [9.17, 15) is 9.90 Å². The highest BCUT2D eigenvalue weighted by Crippen LogP contribution is 2.29. The van der Waals surface area contributed by atoms with E-state index in [-0.39, 0.29) is 11.8 Å². The Kier molecular flexibility index (Phi) is 2.42. The molecule has 1 aromatic rings. The maximum absolute atomic E-state index is 11.9. The number of hydrogen-bond acceptors (Lipinski definition) is 3. The molecule has 1 aliphatic rings. The molecule has 0 saturated carbocycles. The number of β-amino-alcohol motifs (C(OH)–C–C–N with tert-alkyl or cyclic N) is 1. The van der Waals surface area contributed by atoms with Crippen LogP contribution in [0.3, 0.4) is 0 Å². The number of carbonyl (C=O) groups excluding carboxylic acids is 1. The molecule has 88 valence electrons. The SMILES string of the molecule is CC(C)C1(O)CN(C(=O)c2cc(N)c[nH]2)C1. The van der Waals surface area contributed by atoms with Crippen LogP contribution in [0.1, 0.15) is 24.3 Å². The average molecular weight is 223 g/mol. The molecule has 0 spiro atoms. The monoisotopic (exact) mass is 223 g/mol. The van der Waals surface area contributed by atoms with Crippen LogP contribution < -0.4 is 5.73 Å². The minimum Gasteiger partial charge on any atom is -0.397 e. The smallest absolute Gasteiger partial charge is 0.270 e. The molecule has 2 heterocycles. The highest BCUT2D eigenvalue weighted by atomic mass is 16.3. The van der Waals surface area contributed by atoms with Gasteiger partial charge in [-0.25, -0.2) is 0 Å². The van der Waals surface area contributed by atoms with Crippen molar-refractivity contribution < 1.29 is 9.90 Å². The summed E-state index contributed by atoms with van der Waals surface area (Å²) in [6, 6.07) is 1.61. The molecule has 4 N–H and O–H groups in total. The Morgan fingerprint density at radius 3 is 2.69 bits per heavy atom. The van der Waals surface area contributed by atoms with Gasteiger partial charge in [-0.05, 0) is 12.0 Å². The number of amides is 1. The molecule has 0 unspecified atom stereocenters. The van der Waals surface area contributed by atoms with Crippen LogP contribution in [0.5, 0.6) is 0 Å². The van der Waals surface area contributed by atoms with Crippen LogP contribution in [-0.4, -0.2) is 39.6 Å². The lowest BCUT2D eigenvalue weighted by molar-refractivity contribution is -0.111. The molecule has 0 radical (unpaired) electrons. The second-order valence-corrected chi connectivity index (χ2v) is 4.77. The molecule has 1 aliphatic heterocycles. The summed E-state index contributed by atoms with van der Waals surface area (Å²) in [7, 11) is 0. The molecule has 5 heteroatoms. The number of nitrogens with two attached hydrogens (primary N) is 1. The largest absolute Gasteiger partial charge is 0.397 e. The molecule has 0 atom stereocenters. The molecule has 1 fully saturated rings. The number of carbonyl (C=O) groups is 1. The molecule has 16 heavy (non-hydrogen) atoms. The standard InChI is InChI=1S/C11H17N3O2/c1-7(2)11(16)5-14(6-11)10(15)9-3-8(12)4-13-9/h3-4,7,13,16H,5-6,12H2,1-2H3. The van der Waals surface area contributed by atoms with Gasteiger partial charge in [0.2, 0.25) is 0 Å². The minimum atomic E-state index is -0.728. The first kappa shape index (κ1) is 11.0. The van der Waals surface area contributed by atoms with Crippen molar-refractivity contribution in [2.75, 3.05) is 18.8 Å². The maximum Gasteiger partial charge on any atom is 0.270 e. The Morgan fingerprint density at radius 2 is 2.25 bits per heavy atom. The second kappa shape index (κ2) is 3.52. The molecule has 0 bridgehead atoms. The fourth-order valence-corrected chi connectivity index (χ4v) is 1.83. The third-order valence-electron chi connectivity index (χ3n) is 3.23. The number of anilines is 1. The van der Waals surface area contributed by atoms with Crippen molar-refractivity contribution in [3.8, 4) is 0 Å². The molecule has 5 nitrogen and oxygen atoms in total. The molecular formula is C11H17N3O2. The topological polar surface area (TPSA) is 82.3 Å². The molecule has 1 saturated heterocycles. The van der Waals surface area contributed by atoms with Gasteiger partial charge < -0.3 is 20.7 Å². The van der Waals surface area contributed by atoms with Crippen molar-refractivity contribution in [3.63, 3.8) is 0 Å². The van der Waals surface area contributed by atoms with E-state index in [0.29, 0.717) is 24.5 Å². The Morgan fingerprint density at radius 1 is 1.62 bits per heavy atom. The van der Waals surface area contributed by atoms with Gasteiger partial charge in [0.1, 0.15) is 11.3 Å². The van der Waals surface area contributed by atoms with E-state index in [1.807, 2.05) is 13.8 Å². The van der Waals surface area contributed by atoms with E-state index in [0.717, 1.165) is 0 Å². The highest BCUT2D eigenvalue weighted by Gasteiger charge is 2.46. The van der Waals surface area contributed by atoms with Crippen LogP contribution in [0.15, 0.2) is 12.3 Å². The van der Waals surface area contributed by atoms with E-state index in [2.05, 4.69) is 4.98 Å². The normalized spacial score (nSPS) is 18.6. The van der Waals surface area contributed by atoms with Crippen molar-refractivity contribution >= 4 is 11.6 Å². The van der Waals surface area contributed by atoms with Gasteiger partial charge in [-0.3, -0.25) is 4.79 Å². The summed E-state index contributed by atoms with van der Waals surface area (Å²) in [6.07, 6.45) is 1.58. The fraction of sp³-hybridized carbons (Fsp3) is 0.545. The van der Waals surface area contributed by atoms with Crippen molar-refractivity contribution in [2.24, 2.45) is 5.92 Å². The lowest BCUT2D eigenvalue weighted by Gasteiger charge is -2.48. The third-order valence-corrected chi connectivity index (χ3v) is 3.23. The first-order valence-corrected chi connectivity index (χ1v) is 5.38. The first-order chi connectivity index (χ1) is 7.42. The Hall–Kier alpha value is -1.49. The summed E-state index contributed by atoms with van der Waals surface area (Å²) in [6.45, 7) is 4.69. The van der Waals surface area contributed by atoms with Crippen LogP contribution in [0.25, 0.3) is 0 Å². The summed E-state index contributed by atoms with van der Waals surface area (Å²) < 4.78 is 0. The van der Waals surface area contributed by atoms with E-state index in [1.165, 1.54) is 0 Å². The molecule has 0 aromatic carbocycles. The Bertz CT molecular complexity index is 405. The van der Waals surface area contributed by atoms with Gasteiger partial charge in [-0.2, -0.15) is 0 Å². The van der Waals surface area contributed by atoms with Crippen LogP contribution >= 0.6 is 0 Å². The number of aromatic amines is 1. The maximum atomic E-state index is 11.9. The van der Waals surface area contributed by atoms with Crippen molar-refractivity contribution in [2.45, 2.75) is 19.4 Å². The van der Waals surface area contributed by atoms with Gasteiger partial charge in [0.05, 0.1) is 13.1 Å². The van der Waals surface area contributed by atoms with E-state index < -0.39 is 5.60 Å². The Balaban J connectivity index is 2.00. The summed E-state index contributed by atoms with van der Waals surface area (Å²) >= 11 is 0. The predicted molar refractivity (Wildman–Crippen MR) is 60.9 cm³/mol. The number of nitrogens with one attached hydrogen (secondary N) is 1. The lowest BCUT2D eigenvalue weighted by atomic mass is 9.83. The lowest BCUT2D eigenvalue weighted by Crippen LogP contribution is -2.66. The van der Waals surface area contributed by atoms with Crippen LogP contribution in [0.4, 0.5) is 5.69 Å². The number of nitrogen functional groups attached to an aromatic ring is 1. The van der Waals surface area contributed by atoms with Gasteiger partial charge >= 0.3 is 0 Å². The van der Waals surface area contributed by atoms with Gasteiger partial charge in [-0.1, -0.05) is 13.8 Å². The van der Waals surface area contributed by atoms with E-state index >= 15 is 0 Å². The molecule has 0 aliphatic carbocycles. The Labute approximate surface area is 94.2 Å². The zero-order valence-electron chi connectivity index (χ0n) is 9.53. The average Bonchev–Trinajstić information content (AvgIpc) is 2.58. The number of aliphatic hydroxyl groups is 1. The molecular weight excluding hydrogens is 206 g/mol. The number of hydrogen-bond donors (Lipinski definition) is 3. The van der Waals surface area contributed by atoms with Crippen molar-refractivity contribution in [1.29, 1.82) is 0 Å². The summed E-state index contributed by atoms with van der Waals surface area (Å²) in [4.78, 5) is 16.3. The summed E-state index contributed by atoms with van der Waals surface area (Å²) in [5.74, 6) is 0.0484. The summed E-state index contributed by atoms with van der Waals surface area (Å²) in [5.41, 5.74) is 5.82. The first-order valence-electron chi connectivity index (χ1n) is 5.38. The number of H-pyrrole nitrogens is 1. The number of nitrogens with zero attached hydrogens (tertiary/aromatic N) is 1. The highest BCUT2D eigenvalue weighted by molar-refractivity contribution is 5.94. The van der Waals surface area contributed by atoms with Gasteiger partial charge in [-0.15, -0.1) is 0 Å². The molecule has 1 amide bonds. The number of rotatable bonds is 2. The zero-order valence-corrected chi connectivity index (χ0v) is 9.53. The van der Waals surface area contributed by atoms with Gasteiger partial charge in [0, 0.05) is 11.9 Å². The summed E-state index contributed by atoms with van der Waals surface area (Å²) in [5, 5.41) is 10.0. The van der Waals surface area contributed by atoms with E-state index in [4.69, 9.17) is 5.73 Å². The van der Waals surface area contributed by atoms with Crippen LogP contribution in [0.2, 0.25) is 0 Å². The van der Waals surface area contributed by atoms with Crippen molar-refractivity contribution in [3.05, 3.63) is 18.0 Å². The van der Waals surface area contributed by atoms with Crippen molar-refractivity contribution in [1.82, 2.24) is 9.88 Å². The third kappa shape index (κ3) is 1.67. The number of aromatic nitrogens is 1. The molecule has 2 rings (SSSR count). The van der Waals surface area contributed by atoms with Gasteiger partial charge in [0.15, 0.2) is 0 Å². The van der Waals surface area contributed by atoms with Crippen LogP contribution in [-0.2, 0) is 0 Å². The minimum absolute atomic E-state index is 0.109. The predicted octanol–water partition coefficient (Wildman–Crippen LogP) is 0.440. The molecule has 1 aromatic heterocycles. The van der Waals surface area contributed by atoms with Crippen LogP contribution in [0, 0.1) is 5.92 Å². The van der Waals surface area contributed by atoms with Gasteiger partial charge in [0.25, 0.3) is 5.91 Å². The quantitative estimate of drug-likeness (QED) is 0.680. The number of likely N-dealkylation sites (tertiary alicyclic amines) is 1. The second-order valence-electron chi connectivity index (χ2n) is 4.77. The zero-order chi connectivity index (χ0) is 11.9.